The zero-order valence-electron chi connectivity index (χ0n) is 9.93. The zero-order chi connectivity index (χ0) is 12.4. The van der Waals surface area contributed by atoms with E-state index in [1.54, 1.807) is 0 Å². The maximum Gasteiger partial charge on any atom is 0.235 e. The lowest BCUT2D eigenvalue weighted by Gasteiger charge is -2.05. The van der Waals surface area contributed by atoms with Crippen LogP contribution in [0, 0.1) is 0 Å². The molecule has 0 fully saturated rings. The molecule has 0 spiro atoms. The van der Waals surface area contributed by atoms with Crippen molar-refractivity contribution >= 4 is 11.9 Å². The first-order valence-corrected chi connectivity index (χ1v) is 5.35. The number of Topliss-reactive ketones (excluding diaryl/α,β-unsaturated/α-hetero) is 1. The molecule has 0 aliphatic heterocycles. The van der Waals surface area contributed by atoms with E-state index in [1.807, 2.05) is 44.2 Å². The molecule has 0 N–H and O–H groups in total. The van der Waals surface area contributed by atoms with Gasteiger partial charge in [-0.25, -0.2) is 4.79 Å². The highest BCUT2D eigenvalue weighted by Gasteiger charge is 2.12. The van der Waals surface area contributed by atoms with Crippen LogP contribution in [0.2, 0.25) is 0 Å². The molecule has 3 nitrogen and oxygen atoms in total. The van der Waals surface area contributed by atoms with E-state index < -0.39 is 6.04 Å². The molecule has 0 amide bonds. The van der Waals surface area contributed by atoms with Crippen LogP contribution < -0.4 is 0 Å². The monoisotopic (exact) mass is 219 g/mol. The predicted molar refractivity (Wildman–Crippen MR) is 64.1 cm³/mol. The average Bonchev–Trinajstić information content (AvgIpc) is 2.32. The smallest absolute Gasteiger partial charge is 0.235 e. The fraction of sp³-hybridized carbons (Fsp3) is 0.385. The van der Waals surface area contributed by atoms with E-state index in [1.165, 1.54) is 13.0 Å². The number of carbonyl (C=O) groups excluding carboxylic acids is 2. The summed E-state index contributed by atoms with van der Waals surface area (Å²) in [5, 5.41) is 0. The van der Waals surface area contributed by atoms with Gasteiger partial charge in [0.25, 0.3) is 0 Å². The second kappa shape index (κ2) is 8.57. The molecule has 0 saturated heterocycles. The number of isocyanates is 1. The molecule has 0 bridgehead atoms. The highest BCUT2D eigenvalue weighted by atomic mass is 16.1. The van der Waals surface area contributed by atoms with Crippen LogP contribution in [0.3, 0.4) is 0 Å². The van der Waals surface area contributed by atoms with Crippen molar-refractivity contribution in [1.29, 1.82) is 0 Å². The summed E-state index contributed by atoms with van der Waals surface area (Å²) < 4.78 is 0. The summed E-state index contributed by atoms with van der Waals surface area (Å²) in [4.78, 5) is 24.6. The number of aliphatic imine (C=N–C) groups is 1. The molecular formula is C13H17NO2. The van der Waals surface area contributed by atoms with Crippen molar-refractivity contribution in [3.8, 4) is 0 Å². The summed E-state index contributed by atoms with van der Waals surface area (Å²) in [6.07, 6.45) is 1.89. The lowest BCUT2D eigenvalue weighted by molar-refractivity contribution is -0.118. The fourth-order valence-electron chi connectivity index (χ4n) is 1.18. The van der Waals surface area contributed by atoms with E-state index in [-0.39, 0.29) is 5.78 Å². The summed E-state index contributed by atoms with van der Waals surface area (Å²) in [7, 11) is 0. The number of rotatable bonds is 4. The molecule has 1 unspecified atom stereocenters. The Bertz CT molecular complexity index is 351. The van der Waals surface area contributed by atoms with Gasteiger partial charge in [0, 0.05) is 6.42 Å². The normalized spacial score (nSPS) is 10.4. The molecule has 16 heavy (non-hydrogen) atoms. The van der Waals surface area contributed by atoms with Gasteiger partial charge in [-0.05, 0) is 12.5 Å². The minimum atomic E-state index is -0.588. The topological polar surface area (TPSA) is 46.5 Å². The summed E-state index contributed by atoms with van der Waals surface area (Å²) in [6, 6.07) is 8.88. The first-order valence-electron chi connectivity index (χ1n) is 5.35. The van der Waals surface area contributed by atoms with Gasteiger partial charge in [0.15, 0.2) is 5.78 Å². The number of hydrogen-bond acceptors (Lipinski definition) is 3. The van der Waals surface area contributed by atoms with Crippen molar-refractivity contribution in [2.45, 2.75) is 33.2 Å². The molecule has 0 saturated carbocycles. The van der Waals surface area contributed by atoms with Gasteiger partial charge in [-0.15, -0.1) is 0 Å². The first kappa shape index (κ1) is 14.3. The molecule has 0 heterocycles. The Kier molecular flexibility index (Phi) is 7.64. The van der Waals surface area contributed by atoms with Crippen molar-refractivity contribution in [2.75, 3.05) is 0 Å². The van der Waals surface area contributed by atoms with Crippen LogP contribution >= 0.6 is 0 Å². The molecule has 1 atom stereocenters. The standard InChI is InChI=1S/C11H11NO2.C2H6/c1-9(14)11(12-8-13)7-10-5-3-2-4-6-10;1-2/h2-6,11H,7H2,1H3;1-2H3. The van der Waals surface area contributed by atoms with E-state index in [9.17, 15) is 9.59 Å². The van der Waals surface area contributed by atoms with Gasteiger partial charge >= 0.3 is 0 Å². The molecule has 1 aromatic rings. The number of carbonyl (C=O) groups is 1. The molecule has 0 aliphatic rings. The van der Waals surface area contributed by atoms with Crippen LogP contribution in [0.4, 0.5) is 0 Å². The molecule has 86 valence electrons. The van der Waals surface area contributed by atoms with Gasteiger partial charge in [0.2, 0.25) is 6.08 Å². The maximum atomic E-state index is 11.1. The van der Waals surface area contributed by atoms with Crippen LogP contribution in [0.15, 0.2) is 35.3 Å². The van der Waals surface area contributed by atoms with Crippen LogP contribution in [0.25, 0.3) is 0 Å². The van der Waals surface area contributed by atoms with Gasteiger partial charge in [-0.2, -0.15) is 4.99 Å². The van der Waals surface area contributed by atoms with Gasteiger partial charge in [0.1, 0.15) is 6.04 Å². The Morgan fingerprint density at radius 3 is 2.31 bits per heavy atom. The minimum absolute atomic E-state index is 0.114. The van der Waals surface area contributed by atoms with Gasteiger partial charge in [-0.3, -0.25) is 4.79 Å². The molecule has 1 aromatic carbocycles. The van der Waals surface area contributed by atoms with E-state index in [0.29, 0.717) is 6.42 Å². The van der Waals surface area contributed by atoms with E-state index in [2.05, 4.69) is 4.99 Å². The third-order valence-corrected chi connectivity index (χ3v) is 1.95. The van der Waals surface area contributed by atoms with Crippen molar-refractivity contribution in [2.24, 2.45) is 4.99 Å². The fourth-order valence-corrected chi connectivity index (χ4v) is 1.18. The van der Waals surface area contributed by atoms with E-state index >= 15 is 0 Å². The molecule has 1 rings (SSSR count). The lowest BCUT2D eigenvalue weighted by atomic mass is 10.0. The van der Waals surface area contributed by atoms with Crippen LogP contribution in [-0.2, 0) is 16.0 Å². The van der Waals surface area contributed by atoms with E-state index in [4.69, 9.17) is 0 Å². The number of ketones is 1. The van der Waals surface area contributed by atoms with Crippen molar-refractivity contribution < 1.29 is 9.59 Å². The molecular weight excluding hydrogens is 202 g/mol. The van der Waals surface area contributed by atoms with Crippen molar-refractivity contribution in [3.63, 3.8) is 0 Å². The molecule has 3 heteroatoms. The summed E-state index contributed by atoms with van der Waals surface area (Å²) in [5.74, 6) is -0.114. The summed E-state index contributed by atoms with van der Waals surface area (Å²) in [5.41, 5.74) is 0.992. The Hall–Kier alpha value is -1.73. The predicted octanol–water partition coefficient (Wildman–Crippen LogP) is 2.55. The van der Waals surface area contributed by atoms with Crippen LogP contribution in [0.1, 0.15) is 26.3 Å². The molecule has 0 radical (unpaired) electrons. The third-order valence-electron chi connectivity index (χ3n) is 1.95. The highest BCUT2D eigenvalue weighted by molar-refractivity contribution is 5.82. The van der Waals surface area contributed by atoms with Crippen molar-refractivity contribution in [3.05, 3.63) is 35.9 Å². The SMILES string of the molecule is CC.CC(=O)C(Cc1ccccc1)N=C=O. The number of nitrogens with zero attached hydrogens (tertiary/aromatic N) is 1. The Morgan fingerprint density at radius 2 is 1.88 bits per heavy atom. The first-order chi connectivity index (χ1) is 7.74. The Balaban J connectivity index is 0.00000106. The Morgan fingerprint density at radius 1 is 1.31 bits per heavy atom. The molecule has 0 aromatic heterocycles. The second-order valence-electron chi connectivity index (χ2n) is 3.04. The average molecular weight is 219 g/mol. The second-order valence-corrected chi connectivity index (χ2v) is 3.04. The number of benzene rings is 1. The van der Waals surface area contributed by atoms with Gasteiger partial charge < -0.3 is 0 Å². The number of hydrogen-bond donors (Lipinski definition) is 0. The lowest BCUT2D eigenvalue weighted by Crippen LogP contribution is -2.17. The third kappa shape index (κ3) is 5.23. The maximum absolute atomic E-state index is 11.1. The van der Waals surface area contributed by atoms with Crippen LogP contribution in [0.5, 0.6) is 0 Å². The van der Waals surface area contributed by atoms with Gasteiger partial charge in [0.05, 0.1) is 0 Å². The Labute approximate surface area is 96.2 Å². The quantitative estimate of drug-likeness (QED) is 0.577. The summed E-state index contributed by atoms with van der Waals surface area (Å²) >= 11 is 0. The summed E-state index contributed by atoms with van der Waals surface area (Å²) in [6.45, 7) is 5.43. The van der Waals surface area contributed by atoms with Crippen molar-refractivity contribution in [1.82, 2.24) is 0 Å². The minimum Gasteiger partial charge on any atom is -0.298 e. The largest absolute Gasteiger partial charge is 0.298 e. The van der Waals surface area contributed by atoms with E-state index in [0.717, 1.165) is 5.56 Å². The zero-order valence-corrected chi connectivity index (χ0v) is 9.93. The van der Waals surface area contributed by atoms with Crippen LogP contribution in [-0.4, -0.2) is 17.9 Å². The molecule has 0 aliphatic carbocycles. The highest BCUT2D eigenvalue weighted by Crippen LogP contribution is 2.06. The van der Waals surface area contributed by atoms with Gasteiger partial charge in [-0.1, -0.05) is 44.2 Å².